The molecule has 2 aromatic heterocycles. The van der Waals surface area contributed by atoms with Crippen molar-refractivity contribution < 1.29 is 9.09 Å². The molecule has 0 saturated heterocycles. The summed E-state index contributed by atoms with van der Waals surface area (Å²) in [7, 11) is -3.43. The van der Waals surface area contributed by atoms with E-state index in [4.69, 9.17) is 4.52 Å². The Bertz CT molecular complexity index is 1390. The molecular formula is C26H19N2O2P. The molecule has 150 valence electrons. The van der Waals surface area contributed by atoms with E-state index in [1.165, 1.54) is 0 Å². The molecule has 1 unspecified atom stereocenters. The largest absolute Gasteiger partial charge is 0.418 e. The minimum Gasteiger partial charge on any atom is -0.418 e. The SMILES string of the molecule is O=P(Oc1ccccn1)(c1ccccc1)c1cccc(-c2cc3ccccc3cn2)c1. The normalized spacial score (nSPS) is 12.9. The highest BCUT2D eigenvalue weighted by atomic mass is 31.2. The van der Waals surface area contributed by atoms with Crippen LogP contribution in [0.25, 0.3) is 22.0 Å². The van der Waals surface area contributed by atoms with Gasteiger partial charge in [0.1, 0.15) is 0 Å². The van der Waals surface area contributed by atoms with Gasteiger partial charge in [0.15, 0.2) is 0 Å². The van der Waals surface area contributed by atoms with E-state index < -0.39 is 7.37 Å². The van der Waals surface area contributed by atoms with Gasteiger partial charge >= 0.3 is 7.37 Å². The van der Waals surface area contributed by atoms with Gasteiger partial charge in [-0.3, -0.25) is 9.55 Å². The van der Waals surface area contributed by atoms with Crippen LogP contribution in [0, 0.1) is 0 Å². The van der Waals surface area contributed by atoms with Gasteiger partial charge in [-0.05, 0) is 41.8 Å². The molecular weight excluding hydrogens is 403 g/mol. The van der Waals surface area contributed by atoms with Crippen LogP contribution in [-0.4, -0.2) is 9.97 Å². The summed E-state index contributed by atoms with van der Waals surface area (Å²) in [6.07, 6.45) is 3.48. The number of fused-ring (bicyclic) bond motifs is 1. The Hall–Kier alpha value is -3.75. The molecule has 0 bridgehead atoms. The lowest BCUT2D eigenvalue weighted by atomic mass is 10.1. The lowest BCUT2D eigenvalue weighted by Gasteiger charge is -2.20. The minimum absolute atomic E-state index is 0.323. The van der Waals surface area contributed by atoms with Crippen LogP contribution in [0.5, 0.6) is 5.88 Å². The van der Waals surface area contributed by atoms with E-state index in [2.05, 4.69) is 16.0 Å². The van der Waals surface area contributed by atoms with E-state index in [0.29, 0.717) is 16.5 Å². The second-order valence-corrected chi connectivity index (χ2v) is 9.43. The van der Waals surface area contributed by atoms with E-state index in [0.717, 1.165) is 22.0 Å². The summed E-state index contributed by atoms with van der Waals surface area (Å²) in [6, 6.07) is 32.3. The van der Waals surface area contributed by atoms with Gasteiger partial charge in [-0.2, -0.15) is 0 Å². The molecule has 31 heavy (non-hydrogen) atoms. The maximum Gasteiger partial charge on any atom is 0.308 e. The topological polar surface area (TPSA) is 52.1 Å². The molecule has 4 nitrogen and oxygen atoms in total. The van der Waals surface area contributed by atoms with Crippen molar-refractivity contribution in [3.63, 3.8) is 0 Å². The highest BCUT2D eigenvalue weighted by Gasteiger charge is 2.31. The summed E-state index contributed by atoms with van der Waals surface area (Å²) < 4.78 is 20.4. The molecule has 3 aromatic carbocycles. The number of rotatable bonds is 5. The van der Waals surface area contributed by atoms with Gasteiger partial charge in [0.2, 0.25) is 5.88 Å². The molecule has 5 rings (SSSR count). The Labute approximate surface area is 180 Å². The predicted octanol–water partition coefficient (Wildman–Crippen LogP) is 5.60. The summed E-state index contributed by atoms with van der Waals surface area (Å²) in [4.78, 5) is 8.84. The summed E-state index contributed by atoms with van der Waals surface area (Å²) in [5.41, 5.74) is 1.70. The van der Waals surface area contributed by atoms with Gasteiger partial charge in [0, 0.05) is 29.4 Å². The third kappa shape index (κ3) is 3.86. The van der Waals surface area contributed by atoms with Gasteiger partial charge in [0.25, 0.3) is 0 Å². The maximum atomic E-state index is 14.3. The first-order valence-corrected chi connectivity index (χ1v) is 11.6. The van der Waals surface area contributed by atoms with Crippen molar-refractivity contribution in [2.24, 2.45) is 0 Å². The Balaban J connectivity index is 1.62. The second-order valence-electron chi connectivity index (χ2n) is 7.11. The van der Waals surface area contributed by atoms with Gasteiger partial charge in [0.05, 0.1) is 16.3 Å². The summed E-state index contributed by atoms with van der Waals surface area (Å²) in [6.45, 7) is 0. The highest BCUT2D eigenvalue weighted by molar-refractivity contribution is 7.74. The van der Waals surface area contributed by atoms with Crippen LogP contribution < -0.4 is 15.1 Å². The van der Waals surface area contributed by atoms with Gasteiger partial charge in [-0.15, -0.1) is 0 Å². The number of hydrogen-bond acceptors (Lipinski definition) is 4. The molecule has 0 spiro atoms. The summed E-state index contributed by atoms with van der Waals surface area (Å²) in [5.74, 6) is 0.323. The molecule has 0 fully saturated rings. The summed E-state index contributed by atoms with van der Waals surface area (Å²) in [5, 5.41) is 3.39. The average Bonchev–Trinajstić information content (AvgIpc) is 2.85. The third-order valence-corrected chi connectivity index (χ3v) is 7.45. The van der Waals surface area contributed by atoms with Crippen LogP contribution in [-0.2, 0) is 4.57 Å². The predicted molar refractivity (Wildman–Crippen MR) is 125 cm³/mol. The highest BCUT2D eigenvalue weighted by Crippen LogP contribution is 2.45. The number of aromatic nitrogens is 2. The average molecular weight is 422 g/mol. The van der Waals surface area contributed by atoms with Crippen molar-refractivity contribution in [1.29, 1.82) is 0 Å². The van der Waals surface area contributed by atoms with Gasteiger partial charge < -0.3 is 4.52 Å². The van der Waals surface area contributed by atoms with Crippen molar-refractivity contribution in [3.05, 3.63) is 116 Å². The molecule has 5 heteroatoms. The lowest BCUT2D eigenvalue weighted by molar-refractivity contribution is 0.493. The Morgan fingerprint density at radius 1 is 0.645 bits per heavy atom. The van der Waals surface area contributed by atoms with Gasteiger partial charge in [-0.1, -0.05) is 60.7 Å². The smallest absolute Gasteiger partial charge is 0.308 e. The quantitative estimate of drug-likeness (QED) is 0.346. The van der Waals surface area contributed by atoms with Crippen molar-refractivity contribution in [1.82, 2.24) is 9.97 Å². The second kappa shape index (κ2) is 8.17. The fourth-order valence-electron chi connectivity index (χ4n) is 3.50. The number of nitrogens with zero attached hydrogens (tertiary/aromatic N) is 2. The van der Waals surface area contributed by atoms with Crippen LogP contribution in [0.1, 0.15) is 0 Å². The molecule has 1 atom stereocenters. The van der Waals surface area contributed by atoms with Crippen LogP contribution in [0.3, 0.4) is 0 Å². The molecule has 0 aliphatic carbocycles. The molecule has 2 heterocycles. The summed E-state index contributed by atoms with van der Waals surface area (Å²) >= 11 is 0. The van der Waals surface area contributed by atoms with E-state index in [9.17, 15) is 4.57 Å². The van der Waals surface area contributed by atoms with Crippen molar-refractivity contribution in [3.8, 4) is 17.1 Å². The number of pyridine rings is 2. The zero-order valence-electron chi connectivity index (χ0n) is 16.6. The molecule has 5 aromatic rings. The molecule has 0 aliphatic heterocycles. The number of benzene rings is 3. The molecule has 0 N–H and O–H groups in total. The van der Waals surface area contributed by atoms with Crippen LogP contribution in [0.4, 0.5) is 0 Å². The van der Waals surface area contributed by atoms with Gasteiger partial charge in [-0.25, -0.2) is 4.98 Å². The first kappa shape index (κ1) is 19.2. The van der Waals surface area contributed by atoms with Crippen molar-refractivity contribution >= 4 is 28.8 Å². The molecule has 0 saturated carbocycles. The fourth-order valence-corrected chi connectivity index (χ4v) is 5.54. The van der Waals surface area contributed by atoms with E-state index in [-0.39, 0.29) is 0 Å². The monoisotopic (exact) mass is 422 g/mol. The van der Waals surface area contributed by atoms with Crippen LogP contribution >= 0.6 is 7.37 Å². The Morgan fingerprint density at radius 2 is 1.39 bits per heavy atom. The first-order valence-electron chi connectivity index (χ1n) is 9.94. The van der Waals surface area contributed by atoms with Crippen LogP contribution in [0.2, 0.25) is 0 Å². The molecule has 0 radical (unpaired) electrons. The van der Waals surface area contributed by atoms with Crippen molar-refractivity contribution in [2.45, 2.75) is 0 Å². The number of hydrogen-bond donors (Lipinski definition) is 0. The van der Waals surface area contributed by atoms with Crippen LogP contribution in [0.15, 0.2) is 116 Å². The minimum atomic E-state index is -3.43. The Morgan fingerprint density at radius 3 is 2.19 bits per heavy atom. The molecule has 0 amide bonds. The maximum absolute atomic E-state index is 14.3. The first-order chi connectivity index (χ1) is 15.2. The fraction of sp³-hybridized carbons (Fsp3) is 0. The van der Waals surface area contributed by atoms with E-state index in [1.54, 1.807) is 18.3 Å². The van der Waals surface area contributed by atoms with E-state index >= 15 is 0 Å². The zero-order chi connectivity index (χ0) is 21.1. The van der Waals surface area contributed by atoms with E-state index in [1.807, 2.05) is 91.1 Å². The Kier molecular flexibility index (Phi) is 5.07. The zero-order valence-corrected chi connectivity index (χ0v) is 17.5. The molecule has 0 aliphatic rings. The lowest BCUT2D eigenvalue weighted by Crippen LogP contribution is -2.20. The standard InChI is InChI=1S/C26H19N2O2P/c29-31(23-12-2-1-3-13-23,30-26-15-6-7-16-27-26)24-14-8-11-21(17-24)25-18-20-9-4-5-10-22(20)19-28-25/h1-19H. The third-order valence-electron chi connectivity index (χ3n) is 5.07. The van der Waals surface area contributed by atoms with Crippen molar-refractivity contribution in [2.75, 3.05) is 0 Å².